The molecule has 3 aromatic rings. The van der Waals surface area contributed by atoms with Gasteiger partial charge in [-0.3, -0.25) is 9.88 Å². The van der Waals surface area contributed by atoms with Crippen LogP contribution in [0.2, 0.25) is 5.02 Å². The molecule has 10 nitrogen and oxygen atoms in total. The zero-order valence-electron chi connectivity index (χ0n) is 20.3. The molecule has 2 aliphatic rings. The maximum absolute atomic E-state index is 12.2. The van der Waals surface area contributed by atoms with Gasteiger partial charge in [-0.15, -0.1) is 5.10 Å². The van der Waals surface area contributed by atoms with E-state index in [1.807, 2.05) is 41.2 Å². The van der Waals surface area contributed by atoms with Crippen LogP contribution >= 0.6 is 11.6 Å². The number of amides is 1. The van der Waals surface area contributed by atoms with Crippen molar-refractivity contribution in [3.63, 3.8) is 0 Å². The van der Waals surface area contributed by atoms with Gasteiger partial charge in [-0.05, 0) is 43.3 Å². The second kappa shape index (κ2) is 11.4. The average molecular weight is 514 g/mol. The number of nitrogens with zero attached hydrogens (tertiary/aromatic N) is 6. The number of halogens is 1. The number of carbonyl (C=O) groups excluding carboxylic acids is 1. The molecule has 1 aromatic carbocycles. The van der Waals surface area contributed by atoms with E-state index in [0.717, 1.165) is 55.1 Å². The fourth-order valence-corrected chi connectivity index (χ4v) is 4.84. The fourth-order valence-electron chi connectivity index (χ4n) is 4.72. The molecule has 0 spiro atoms. The number of morpholine rings is 1. The lowest BCUT2D eigenvalue weighted by atomic mass is 10.2. The van der Waals surface area contributed by atoms with Crippen molar-refractivity contribution >= 4 is 34.4 Å². The Bertz CT molecular complexity index is 1160. The van der Waals surface area contributed by atoms with Gasteiger partial charge in [0.1, 0.15) is 0 Å². The normalized spacial score (nSPS) is 19.1. The molecule has 1 unspecified atom stereocenters. The van der Waals surface area contributed by atoms with E-state index in [-0.39, 0.29) is 12.2 Å². The lowest BCUT2D eigenvalue weighted by Crippen LogP contribution is -2.53. The van der Waals surface area contributed by atoms with Gasteiger partial charge in [0, 0.05) is 62.4 Å². The summed E-state index contributed by atoms with van der Waals surface area (Å²) in [6.45, 7) is 6.76. The van der Waals surface area contributed by atoms with Crippen LogP contribution in [-0.2, 0) is 9.47 Å². The zero-order valence-corrected chi connectivity index (χ0v) is 21.0. The number of piperazine rings is 1. The Kier molecular flexibility index (Phi) is 7.86. The molecule has 4 heterocycles. The lowest BCUT2D eigenvalue weighted by molar-refractivity contribution is 0.00414. The van der Waals surface area contributed by atoms with Crippen molar-refractivity contribution in [2.24, 2.45) is 5.73 Å². The van der Waals surface area contributed by atoms with Gasteiger partial charge in [-0.2, -0.15) is 0 Å². The van der Waals surface area contributed by atoms with E-state index >= 15 is 0 Å². The highest BCUT2D eigenvalue weighted by molar-refractivity contribution is 6.30. The first-order valence-electron chi connectivity index (χ1n) is 12.4. The van der Waals surface area contributed by atoms with Gasteiger partial charge in [0.25, 0.3) is 0 Å². The molecule has 11 heteroatoms. The van der Waals surface area contributed by atoms with Gasteiger partial charge in [-0.1, -0.05) is 11.6 Å². The van der Waals surface area contributed by atoms with Crippen LogP contribution in [0.1, 0.15) is 6.42 Å². The van der Waals surface area contributed by atoms with Crippen LogP contribution in [-0.4, -0.2) is 102 Å². The molecule has 5 rings (SSSR count). The molecule has 2 aliphatic heterocycles. The van der Waals surface area contributed by atoms with Crippen LogP contribution < -0.4 is 10.6 Å². The van der Waals surface area contributed by atoms with Gasteiger partial charge in [0.2, 0.25) is 0 Å². The second-order valence-corrected chi connectivity index (χ2v) is 9.52. The van der Waals surface area contributed by atoms with Crippen LogP contribution in [0.15, 0.2) is 42.7 Å². The molecule has 2 fully saturated rings. The van der Waals surface area contributed by atoms with E-state index in [1.165, 1.54) is 0 Å². The van der Waals surface area contributed by atoms with Crippen LogP contribution in [0.25, 0.3) is 16.6 Å². The minimum atomic E-state index is -0.249. The molecular formula is C25H32ClN7O3. The smallest absolute Gasteiger partial charge is 0.409 e. The molecule has 1 atom stereocenters. The van der Waals surface area contributed by atoms with E-state index in [4.69, 9.17) is 31.9 Å². The Morgan fingerprint density at radius 3 is 2.72 bits per heavy atom. The largest absolute Gasteiger partial charge is 0.449 e. The monoisotopic (exact) mass is 513 g/mol. The van der Waals surface area contributed by atoms with Crippen molar-refractivity contribution in [2.45, 2.75) is 12.5 Å². The highest BCUT2D eigenvalue weighted by Crippen LogP contribution is 2.29. The highest BCUT2D eigenvalue weighted by Gasteiger charge is 2.29. The number of pyridine rings is 1. The third-order valence-electron chi connectivity index (χ3n) is 6.64. The maximum atomic E-state index is 12.2. The van der Waals surface area contributed by atoms with E-state index in [2.05, 4.69) is 14.8 Å². The molecule has 0 aliphatic carbocycles. The fraction of sp³-hybridized carbons (Fsp3) is 0.480. The molecule has 0 saturated carbocycles. The molecule has 36 heavy (non-hydrogen) atoms. The Labute approximate surface area is 215 Å². The number of hydrogen-bond acceptors (Lipinski definition) is 8. The minimum absolute atomic E-state index is 0.0550. The average Bonchev–Trinajstić information content (AvgIpc) is 3.30. The number of fused-ring (bicyclic) bond motifs is 1. The first-order chi connectivity index (χ1) is 17.6. The minimum Gasteiger partial charge on any atom is -0.449 e. The summed E-state index contributed by atoms with van der Waals surface area (Å²) in [5.41, 5.74) is 7.36. The third kappa shape index (κ3) is 5.57. The van der Waals surface area contributed by atoms with Crippen LogP contribution in [0.4, 0.5) is 10.6 Å². The number of nitrogens with two attached hydrogens (primary N) is 1. The number of ether oxygens (including phenoxy) is 2. The summed E-state index contributed by atoms with van der Waals surface area (Å²) in [7, 11) is 0. The van der Waals surface area contributed by atoms with E-state index in [0.29, 0.717) is 44.3 Å². The van der Waals surface area contributed by atoms with E-state index < -0.39 is 0 Å². The van der Waals surface area contributed by atoms with Crippen LogP contribution in [0, 0.1) is 0 Å². The molecule has 1 amide bonds. The molecule has 0 radical (unpaired) electrons. The van der Waals surface area contributed by atoms with Gasteiger partial charge in [0.05, 0.1) is 36.7 Å². The predicted molar refractivity (Wildman–Crippen MR) is 139 cm³/mol. The van der Waals surface area contributed by atoms with E-state index in [1.54, 1.807) is 11.1 Å². The number of hydrogen-bond donors (Lipinski definition) is 1. The summed E-state index contributed by atoms with van der Waals surface area (Å²) in [6, 6.07) is 9.67. The van der Waals surface area contributed by atoms with Gasteiger partial charge >= 0.3 is 6.09 Å². The summed E-state index contributed by atoms with van der Waals surface area (Å²) in [6.07, 6.45) is 4.14. The SMILES string of the molecule is NCCCOC(=O)N1CCN(CC2CN(c3nn(-c4ccc(Cl)cc4)c4cnccc34)CCO2)CC1. The molecule has 2 aromatic heterocycles. The number of benzene rings is 1. The van der Waals surface area contributed by atoms with Crippen LogP contribution in [0.3, 0.4) is 0 Å². The topological polar surface area (TPSA) is 102 Å². The maximum Gasteiger partial charge on any atom is 0.409 e. The molecule has 192 valence electrons. The number of anilines is 1. The summed E-state index contributed by atoms with van der Waals surface area (Å²) in [5, 5.41) is 6.73. The Balaban J connectivity index is 1.23. The number of aromatic nitrogens is 3. The lowest BCUT2D eigenvalue weighted by Gasteiger charge is -2.39. The predicted octanol–water partition coefficient (Wildman–Crippen LogP) is 2.38. The highest BCUT2D eigenvalue weighted by atomic mass is 35.5. The van der Waals surface area contributed by atoms with E-state index in [9.17, 15) is 4.79 Å². The molecule has 2 N–H and O–H groups in total. The quantitative estimate of drug-likeness (QED) is 0.480. The Morgan fingerprint density at radius 1 is 1.14 bits per heavy atom. The Hall–Kier alpha value is -2.92. The molecular weight excluding hydrogens is 482 g/mol. The van der Waals surface area contributed by atoms with Crippen molar-refractivity contribution in [3.05, 3.63) is 47.7 Å². The third-order valence-corrected chi connectivity index (χ3v) is 6.89. The molecule has 2 saturated heterocycles. The summed E-state index contributed by atoms with van der Waals surface area (Å²) in [4.78, 5) is 22.9. The van der Waals surface area contributed by atoms with Crippen LogP contribution in [0.5, 0.6) is 0 Å². The molecule has 0 bridgehead atoms. The van der Waals surface area contributed by atoms with Crippen molar-refractivity contribution in [1.29, 1.82) is 0 Å². The number of carbonyl (C=O) groups is 1. The van der Waals surface area contributed by atoms with Gasteiger partial charge < -0.3 is 25.0 Å². The first-order valence-corrected chi connectivity index (χ1v) is 12.8. The Morgan fingerprint density at radius 2 is 1.94 bits per heavy atom. The van der Waals surface area contributed by atoms with Crippen molar-refractivity contribution in [3.8, 4) is 5.69 Å². The standard InChI is InChI=1S/C25H32ClN7O3/c26-19-2-4-20(5-3-19)33-23-16-28-8-6-22(23)24(29-33)32-13-15-35-21(18-32)17-30-9-11-31(12-10-30)25(34)36-14-1-7-27/h2-6,8,16,21H,1,7,9-15,17-18,27H2. The summed E-state index contributed by atoms with van der Waals surface area (Å²) >= 11 is 6.09. The number of rotatable bonds is 7. The zero-order chi connectivity index (χ0) is 24.9. The summed E-state index contributed by atoms with van der Waals surface area (Å²) < 4.78 is 13.3. The van der Waals surface area contributed by atoms with Crippen molar-refractivity contribution in [1.82, 2.24) is 24.6 Å². The van der Waals surface area contributed by atoms with Crippen molar-refractivity contribution in [2.75, 3.05) is 70.5 Å². The van der Waals surface area contributed by atoms with Crippen molar-refractivity contribution < 1.29 is 14.3 Å². The first kappa shape index (κ1) is 24.8. The summed E-state index contributed by atoms with van der Waals surface area (Å²) in [5.74, 6) is 0.931. The second-order valence-electron chi connectivity index (χ2n) is 9.09. The van der Waals surface area contributed by atoms with Gasteiger partial charge in [0.15, 0.2) is 5.82 Å². The van der Waals surface area contributed by atoms with Gasteiger partial charge in [-0.25, -0.2) is 9.48 Å².